The normalized spacial score (nSPS) is 11.9. The number of benzene rings is 1. The van der Waals surface area contributed by atoms with Gasteiger partial charge in [-0.3, -0.25) is 4.79 Å². The summed E-state index contributed by atoms with van der Waals surface area (Å²) in [4.78, 5) is 11.7. The molecular formula is C11H11Cl2N5O2. The van der Waals surface area contributed by atoms with Crippen molar-refractivity contribution in [2.45, 2.75) is 13.0 Å². The molecule has 1 heterocycles. The van der Waals surface area contributed by atoms with Crippen molar-refractivity contribution in [1.29, 1.82) is 0 Å². The standard InChI is InChI=1S/C11H11Cl2N5O2/c1-6(11-15-17-18-16-11)14-10(19)5-20-7-2-3-8(12)9(13)4-7/h2-4,6H,5H2,1H3,(H,14,19)(H,15,16,17,18). The van der Waals surface area contributed by atoms with Gasteiger partial charge in [0, 0.05) is 6.07 Å². The number of ether oxygens (including phenoxy) is 1. The number of carbonyl (C=O) groups excluding carboxylic acids is 1. The molecule has 106 valence electrons. The van der Waals surface area contributed by atoms with E-state index < -0.39 is 0 Å². The smallest absolute Gasteiger partial charge is 0.258 e. The Labute approximate surface area is 124 Å². The van der Waals surface area contributed by atoms with Crippen molar-refractivity contribution < 1.29 is 9.53 Å². The predicted octanol–water partition coefficient (Wildman–Crippen LogP) is 1.76. The maximum absolute atomic E-state index is 11.7. The third kappa shape index (κ3) is 3.82. The summed E-state index contributed by atoms with van der Waals surface area (Å²) in [5.41, 5.74) is 0. The highest BCUT2D eigenvalue weighted by Gasteiger charge is 2.13. The van der Waals surface area contributed by atoms with Crippen molar-refractivity contribution >= 4 is 29.1 Å². The van der Waals surface area contributed by atoms with E-state index in [1.54, 1.807) is 25.1 Å². The topological polar surface area (TPSA) is 92.8 Å². The van der Waals surface area contributed by atoms with Crippen LogP contribution in [0.4, 0.5) is 0 Å². The van der Waals surface area contributed by atoms with Crippen LogP contribution in [0.1, 0.15) is 18.8 Å². The summed E-state index contributed by atoms with van der Waals surface area (Å²) in [5.74, 6) is 0.544. The minimum atomic E-state index is -0.362. The van der Waals surface area contributed by atoms with E-state index in [4.69, 9.17) is 27.9 Å². The van der Waals surface area contributed by atoms with Gasteiger partial charge in [-0.25, -0.2) is 0 Å². The summed E-state index contributed by atoms with van der Waals surface area (Å²) in [6, 6.07) is 4.40. The number of hydrogen-bond acceptors (Lipinski definition) is 5. The number of carbonyl (C=O) groups is 1. The van der Waals surface area contributed by atoms with Gasteiger partial charge in [-0.05, 0) is 19.1 Å². The van der Waals surface area contributed by atoms with Gasteiger partial charge in [0.25, 0.3) is 5.91 Å². The van der Waals surface area contributed by atoms with Gasteiger partial charge in [0.1, 0.15) is 5.75 Å². The number of aromatic nitrogens is 4. The molecule has 0 saturated heterocycles. The second kappa shape index (κ2) is 6.53. The maximum atomic E-state index is 11.7. The highest BCUT2D eigenvalue weighted by Crippen LogP contribution is 2.26. The number of tetrazole rings is 1. The fraction of sp³-hybridized carbons (Fsp3) is 0.273. The molecule has 1 unspecified atom stereocenters. The SMILES string of the molecule is CC(NC(=O)COc1ccc(Cl)c(Cl)c1)c1nn[nH]n1. The van der Waals surface area contributed by atoms with Crippen LogP contribution in [0.5, 0.6) is 5.75 Å². The second-order valence-corrected chi connectivity index (χ2v) is 4.74. The number of rotatable bonds is 5. The van der Waals surface area contributed by atoms with E-state index in [1.165, 1.54) is 0 Å². The van der Waals surface area contributed by atoms with Crippen molar-refractivity contribution in [2.75, 3.05) is 6.61 Å². The minimum Gasteiger partial charge on any atom is -0.484 e. The molecule has 7 nitrogen and oxygen atoms in total. The molecule has 1 aromatic carbocycles. The molecular weight excluding hydrogens is 305 g/mol. The molecule has 1 amide bonds. The summed E-state index contributed by atoms with van der Waals surface area (Å²) in [7, 11) is 0. The molecule has 1 aromatic heterocycles. The average molecular weight is 316 g/mol. The van der Waals surface area contributed by atoms with Crippen LogP contribution in [0.3, 0.4) is 0 Å². The van der Waals surface area contributed by atoms with Gasteiger partial charge in [0.2, 0.25) is 0 Å². The fourth-order valence-electron chi connectivity index (χ4n) is 1.42. The van der Waals surface area contributed by atoms with Crippen LogP contribution in [0.2, 0.25) is 10.0 Å². The van der Waals surface area contributed by atoms with Gasteiger partial charge >= 0.3 is 0 Å². The Hall–Kier alpha value is -1.86. The molecule has 0 spiro atoms. The van der Waals surface area contributed by atoms with Crippen molar-refractivity contribution in [3.05, 3.63) is 34.1 Å². The van der Waals surface area contributed by atoms with Crippen LogP contribution in [0.25, 0.3) is 0 Å². The lowest BCUT2D eigenvalue weighted by atomic mass is 10.3. The van der Waals surface area contributed by atoms with Crippen molar-refractivity contribution in [1.82, 2.24) is 25.9 Å². The number of nitrogens with zero attached hydrogens (tertiary/aromatic N) is 3. The highest BCUT2D eigenvalue weighted by molar-refractivity contribution is 6.42. The van der Waals surface area contributed by atoms with Crippen LogP contribution in [-0.4, -0.2) is 33.1 Å². The molecule has 0 bridgehead atoms. The van der Waals surface area contributed by atoms with Crippen molar-refractivity contribution in [3.63, 3.8) is 0 Å². The van der Waals surface area contributed by atoms with E-state index in [2.05, 4.69) is 25.9 Å². The number of aromatic amines is 1. The lowest BCUT2D eigenvalue weighted by Gasteiger charge is -2.11. The van der Waals surface area contributed by atoms with E-state index in [0.29, 0.717) is 21.6 Å². The van der Waals surface area contributed by atoms with Crippen LogP contribution in [-0.2, 0) is 4.79 Å². The largest absolute Gasteiger partial charge is 0.484 e. The first-order valence-corrected chi connectivity index (χ1v) is 6.42. The van der Waals surface area contributed by atoms with E-state index in [0.717, 1.165) is 0 Å². The Bertz CT molecular complexity index is 591. The van der Waals surface area contributed by atoms with Gasteiger partial charge in [0.05, 0.1) is 16.1 Å². The van der Waals surface area contributed by atoms with E-state index in [9.17, 15) is 4.79 Å². The third-order valence-electron chi connectivity index (χ3n) is 2.39. The van der Waals surface area contributed by atoms with Crippen LogP contribution >= 0.6 is 23.2 Å². The molecule has 0 radical (unpaired) electrons. The minimum absolute atomic E-state index is 0.153. The summed E-state index contributed by atoms with van der Waals surface area (Å²) in [6.07, 6.45) is 0. The zero-order chi connectivity index (χ0) is 14.5. The summed E-state index contributed by atoms with van der Waals surface area (Å²) in [5, 5.41) is 16.7. The number of hydrogen-bond donors (Lipinski definition) is 2. The monoisotopic (exact) mass is 315 g/mol. The lowest BCUT2D eigenvalue weighted by molar-refractivity contribution is -0.123. The molecule has 0 aliphatic heterocycles. The molecule has 0 aliphatic carbocycles. The first-order valence-electron chi connectivity index (χ1n) is 5.67. The Kier molecular flexibility index (Phi) is 4.75. The van der Waals surface area contributed by atoms with E-state index in [-0.39, 0.29) is 18.6 Å². The molecule has 0 saturated carbocycles. The fourth-order valence-corrected chi connectivity index (χ4v) is 1.70. The Morgan fingerprint density at radius 3 is 2.90 bits per heavy atom. The first-order chi connectivity index (χ1) is 9.56. The van der Waals surface area contributed by atoms with Crippen molar-refractivity contribution in [2.24, 2.45) is 0 Å². The molecule has 9 heteroatoms. The van der Waals surface area contributed by atoms with Gasteiger partial charge < -0.3 is 10.1 Å². The molecule has 2 N–H and O–H groups in total. The van der Waals surface area contributed by atoms with Gasteiger partial charge in [0.15, 0.2) is 12.4 Å². The summed E-state index contributed by atoms with van der Waals surface area (Å²) >= 11 is 11.6. The predicted molar refractivity (Wildman–Crippen MR) is 72.7 cm³/mol. The summed E-state index contributed by atoms with van der Waals surface area (Å²) < 4.78 is 5.30. The number of amides is 1. The molecule has 0 aliphatic rings. The number of H-pyrrole nitrogens is 1. The molecule has 2 aromatic rings. The zero-order valence-corrected chi connectivity index (χ0v) is 11.9. The average Bonchev–Trinajstić information content (AvgIpc) is 2.94. The molecule has 1 atom stereocenters. The Morgan fingerprint density at radius 1 is 1.45 bits per heavy atom. The second-order valence-electron chi connectivity index (χ2n) is 3.92. The quantitative estimate of drug-likeness (QED) is 0.877. The van der Waals surface area contributed by atoms with E-state index >= 15 is 0 Å². The summed E-state index contributed by atoms with van der Waals surface area (Å²) in [6.45, 7) is 1.59. The number of nitrogens with one attached hydrogen (secondary N) is 2. The van der Waals surface area contributed by atoms with Crippen molar-refractivity contribution in [3.8, 4) is 5.75 Å². The number of halogens is 2. The maximum Gasteiger partial charge on any atom is 0.258 e. The third-order valence-corrected chi connectivity index (χ3v) is 3.13. The Balaban J connectivity index is 1.84. The zero-order valence-electron chi connectivity index (χ0n) is 10.4. The van der Waals surface area contributed by atoms with Gasteiger partial charge in [-0.1, -0.05) is 28.4 Å². The van der Waals surface area contributed by atoms with E-state index in [1.807, 2.05) is 0 Å². The lowest BCUT2D eigenvalue weighted by Crippen LogP contribution is -2.31. The van der Waals surface area contributed by atoms with Crippen LogP contribution < -0.4 is 10.1 Å². The molecule has 0 fully saturated rings. The van der Waals surface area contributed by atoms with Gasteiger partial charge in [-0.2, -0.15) is 5.21 Å². The first kappa shape index (κ1) is 14.5. The molecule has 2 rings (SSSR count). The van der Waals surface area contributed by atoms with Crippen LogP contribution in [0, 0.1) is 0 Å². The highest BCUT2D eigenvalue weighted by atomic mass is 35.5. The van der Waals surface area contributed by atoms with Gasteiger partial charge in [-0.15, -0.1) is 10.2 Å². The molecule has 20 heavy (non-hydrogen) atoms. The van der Waals surface area contributed by atoms with Crippen LogP contribution in [0.15, 0.2) is 18.2 Å². The Morgan fingerprint density at radius 2 is 2.25 bits per heavy atom.